The average molecular weight is 271 g/mol. The monoisotopic (exact) mass is 270 g/mol. The number of hydrogen-bond donors (Lipinski definition) is 0. The highest BCUT2D eigenvalue weighted by atomic mass is 35.5. The minimum absolute atomic E-state index is 0.359. The summed E-state index contributed by atoms with van der Waals surface area (Å²) in [7, 11) is 0. The number of benzene rings is 1. The molecule has 2 nitrogen and oxygen atoms in total. The molecule has 0 aliphatic heterocycles. The van der Waals surface area contributed by atoms with Crippen molar-refractivity contribution in [2.24, 2.45) is 0 Å². The number of rotatable bonds is 2. The van der Waals surface area contributed by atoms with Gasteiger partial charge in [-0.15, -0.1) is 0 Å². The first kappa shape index (κ1) is 12.3. The summed E-state index contributed by atoms with van der Waals surface area (Å²) in [5.74, 6) is 0.213. The fraction of sp³-hybridized carbons (Fsp3) is 0.167. The normalized spacial score (nSPS) is 10.6. The summed E-state index contributed by atoms with van der Waals surface area (Å²) in [6.07, 6.45) is 0.431. The molecule has 1 aromatic heterocycles. The van der Waals surface area contributed by atoms with E-state index in [9.17, 15) is 4.39 Å². The van der Waals surface area contributed by atoms with Crippen LogP contribution < -0.4 is 0 Å². The third kappa shape index (κ3) is 3.14. The summed E-state index contributed by atoms with van der Waals surface area (Å²) in [6, 6.07) is 5.93. The Balaban J connectivity index is 2.31. The van der Waals surface area contributed by atoms with Crippen LogP contribution in [0.3, 0.4) is 0 Å². The van der Waals surface area contributed by atoms with Crippen molar-refractivity contribution in [3.05, 3.63) is 57.3 Å². The van der Waals surface area contributed by atoms with Gasteiger partial charge in [-0.2, -0.15) is 0 Å². The van der Waals surface area contributed by atoms with Crippen LogP contribution >= 0.6 is 23.2 Å². The van der Waals surface area contributed by atoms with Gasteiger partial charge in [0.2, 0.25) is 0 Å². The van der Waals surface area contributed by atoms with E-state index < -0.39 is 0 Å². The zero-order valence-electron chi connectivity index (χ0n) is 9.04. The summed E-state index contributed by atoms with van der Waals surface area (Å²) >= 11 is 11.8. The van der Waals surface area contributed by atoms with Gasteiger partial charge in [0, 0.05) is 17.1 Å². The van der Waals surface area contributed by atoms with Gasteiger partial charge in [-0.05, 0) is 30.7 Å². The molecule has 1 heterocycles. The number of aromatic nitrogens is 2. The van der Waals surface area contributed by atoms with E-state index in [4.69, 9.17) is 23.2 Å². The summed E-state index contributed by atoms with van der Waals surface area (Å²) in [4.78, 5) is 8.34. The Morgan fingerprint density at radius 1 is 1.18 bits per heavy atom. The fourth-order valence-electron chi connectivity index (χ4n) is 1.50. The Hall–Kier alpha value is -1.19. The zero-order chi connectivity index (χ0) is 12.4. The lowest BCUT2D eigenvalue weighted by atomic mass is 10.1. The molecule has 0 radical (unpaired) electrons. The molecular weight excluding hydrogens is 262 g/mol. The number of aryl methyl sites for hydroxylation is 1. The SMILES string of the molecule is Cc1cc(Cl)nc(Cc2ccc(F)cc2Cl)n1. The van der Waals surface area contributed by atoms with Gasteiger partial charge in [0.15, 0.2) is 0 Å². The summed E-state index contributed by atoms with van der Waals surface area (Å²) in [5, 5.41) is 0.761. The highest BCUT2D eigenvalue weighted by Crippen LogP contribution is 2.20. The molecule has 1 aromatic carbocycles. The molecule has 0 saturated carbocycles. The van der Waals surface area contributed by atoms with Gasteiger partial charge in [0.1, 0.15) is 16.8 Å². The van der Waals surface area contributed by atoms with Crippen molar-refractivity contribution in [2.45, 2.75) is 13.3 Å². The minimum Gasteiger partial charge on any atom is -0.238 e. The lowest BCUT2D eigenvalue weighted by Crippen LogP contribution is -1.99. The molecule has 88 valence electrons. The summed E-state index contributed by atoms with van der Waals surface area (Å²) in [5.41, 5.74) is 1.56. The van der Waals surface area contributed by atoms with Crippen molar-refractivity contribution < 1.29 is 4.39 Å². The molecule has 0 amide bonds. The van der Waals surface area contributed by atoms with E-state index in [1.807, 2.05) is 6.92 Å². The van der Waals surface area contributed by atoms with E-state index in [1.165, 1.54) is 12.1 Å². The van der Waals surface area contributed by atoms with Gasteiger partial charge >= 0.3 is 0 Å². The molecule has 0 unspecified atom stereocenters. The molecule has 0 aliphatic carbocycles. The van der Waals surface area contributed by atoms with Gasteiger partial charge in [0.25, 0.3) is 0 Å². The van der Waals surface area contributed by atoms with Gasteiger partial charge in [-0.25, -0.2) is 14.4 Å². The van der Waals surface area contributed by atoms with Crippen LogP contribution in [0.5, 0.6) is 0 Å². The topological polar surface area (TPSA) is 25.8 Å². The van der Waals surface area contributed by atoms with Crippen LogP contribution in [0.15, 0.2) is 24.3 Å². The second kappa shape index (κ2) is 4.98. The maximum atomic E-state index is 12.9. The zero-order valence-corrected chi connectivity index (χ0v) is 10.6. The second-order valence-corrected chi connectivity index (χ2v) is 4.46. The van der Waals surface area contributed by atoms with Crippen LogP contribution in [0.25, 0.3) is 0 Å². The van der Waals surface area contributed by atoms with Crippen molar-refractivity contribution >= 4 is 23.2 Å². The molecule has 0 fully saturated rings. The third-order valence-corrected chi connectivity index (χ3v) is 2.78. The lowest BCUT2D eigenvalue weighted by Gasteiger charge is -2.04. The molecule has 0 bridgehead atoms. The first-order chi connectivity index (χ1) is 8.04. The predicted molar refractivity (Wildman–Crippen MR) is 66.0 cm³/mol. The van der Waals surface area contributed by atoms with Crippen molar-refractivity contribution in [2.75, 3.05) is 0 Å². The standard InChI is InChI=1S/C12H9Cl2FN2/c1-7-4-11(14)17-12(16-7)5-8-2-3-9(15)6-10(8)13/h2-4,6H,5H2,1H3. The summed E-state index contributed by atoms with van der Waals surface area (Å²) < 4.78 is 12.9. The van der Waals surface area contributed by atoms with Gasteiger partial charge in [0.05, 0.1) is 0 Å². The van der Waals surface area contributed by atoms with Gasteiger partial charge in [-0.1, -0.05) is 29.3 Å². The Bertz CT molecular complexity index is 538. The Morgan fingerprint density at radius 2 is 1.94 bits per heavy atom. The number of nitrogens with zero attached hydrogens (tertiary/aromatic N) is 2. The first-order valence-corrected chi connectivity index (χ1v) is 5.74. The van der Waals surface area contributed by atoms with Crippen molar-refractivity contribution in [1.29, 1.82) is 0 Å². The van der Waals surface area contributed by atoms with E-state index in [2.05, 4.69) is 9.97 Å². The largest absolute Gasteiger partial charge is 0.238 e. The third-order valence-electron chi connectivity index (χ3n) is 2.23. The maximum Gasteiger partial charge on any atom is 0.134 e. The fourth-order valence-corrected chi connectivity index (χ4v) is 1.99. The van der Waals surface area contributed by atoms with Crippen LogP contribution in [-0.4, -0.2) is 9.97 Å². The van der Waals surface area contributed by atoms with Crippen molar-refractivity contribution in [3.63, 3.8) is 0 Å². The Morgan fingerprint density at radius 3 is 2.59 bits per heavy atom. The van der Waals surface area contributed by atoms with Crippen LogP contribution in [0.4, 0.5) is 4.39 Å². The summed E-state index contributed by atoms with van der Waals surface area (Å²) in [6.45, 7) is 1.84. The lowest BCUT2D eigenvalue weighted by molar-refractivity contribution is 0.627. The molecule has 0 atom stereocenters. The second-order valence-electron chi connectivity index (χ2n) is 3.66. The van der Waals surface area contributed by atoms with E-state index in [0.29, 0.717) is 22.4 Å². The van der Waals surface area contributed by atoms with Crippen LogP contribution in [-0.2, 0) is 6.42 Å². The molecule has 5 heteroatoms. The molecular formula is C12H9Cl2FN2. The van der Waals surface area contributed by atoms with Crippen LogP contribution in [0, 0.1) is 12.7 Å². The van der Waals surface area contributed by atoms with E-state index >= 15 is 0 Å². The number of halogens is 3. The molecule has 0 aliphatic rings. The predicted octanol–water partition coefficient (Wildman–Crippen LogP) is 3.82. The van der Waals surface area contributed by atoms with Crippen LogP contribution in [0.1, 0.15) is 17.1 Å². The number of hydrogen-bond acceptors (Lipinski definition) is 2. The van der Waals surface area contributed by atoms with E-state index in [-0.39, 0.29) is 5.82 Å². The van der Waals surface area contributed by atoms with Crippen molar-refractivity contribution in [3.8, 4) is 0 Å². The highest BCUT2D eigenvalue weighted by Gasteiger charge is 2.06. The molecule has 0 N–H and O–H groups in total. The quantitative estimate of drug-likeness (QED) is 0.776. The molecule has 17 heavy (non-hydrogen) atoms. The van der Waals surface area contributed by atoms with Crippen molar-refractivity contribution in [1.82, 2.24) is 9.97 Å². The molecule has 0 saturated heterocycles. The molecule has 2 aromatic rings. The maximum absolute atomic E-state index is 12.9. The first-order valence-electron chi connectivity index (χ1n) is 4.98. The Kier molecular flexibility index (Phi) is 3.60. The Labute approximate surface area is 108 Å². The van der Waals surface area contributed by atoms with E-state index in [1.54, 1.807) is 12.1 Å². The van der Waals surface area contributed by atoms with Crippen LogP contribution in [0.2, 0.25) is 10.2 Å². The highest BCUT2D eigenvalue weighted by molar-refractivity contribution is 6.31. The van der Waals surface area contributed by atoms with E-state index in [0.717, 1.165) is 11.3 Å². The smallest absolute Gasteiger partial charge is 0.134 e. The molecule has 0 spiro atoms. The minimum atomic E-state index is -0.359. The van der Waals surface area contributed by atoms with Gasteiger partial charge in [-0.3, -0.25) is 0 Å². The van der Waals surface area contributed by atoms with Gasteiger partial charge < -0.3 is 0 Å². The molecule has 2 rings (SSSR count). The average Bonchev–Trinajstić information content (AvgIpc) is 2.21.